The monoisotopic (exact) mass is 447 g/mol. The van der Waals surface area contributed by atoms with E-state index in [1.165, 1.54) is 12.1 Å². The van der Waals surface area contributed by atoms with Crippen LogP contribution < -0.4 is 15.5 Å². The quantitative estimate of drug-likeness (QED) is 0.613. The molecule has 2 rings (SSSR count). The second kappa shape index (κ2) is 9.84. The number of anilines is 2. The van der Waals surface area contributed by atoms with Gasteiger partial charge in [-0.1, -0.05) is 47.0 Å². The molecule has 0 saturated heterocycles. The van der Waals surface area contributed by atoms with Crippen molar-refractivity contribution in [3.8, 4) is 0 Å². The lowest BCUT2D eigenvalue weighted by molar-refractivity contribution is -0.137. The van der Waals surface area contributed by atoms with Crippen molar-refractivity contribution < 1.29 is 22.8 Å². The molecular weight excluding hydrogens is 430 g/mol. The van der Waals surface area contributed by atoms with E-state index in [0.717, 1.165) is 22.6 Å². The van der Waals surface area contributed by atoms with Gasteiger partial charge in [-0.15, -0.1) is 0 Å². The molecule has 0 bridgehead atoms. The third-order valence-corrected chi connectivity index (χ3v) is 4.26. The number of amides is 3. The van der Waals surface area contributed by atoms with E-state index in [9.17, 15) is 22.8 Å². The van der Waals surface area contributed by atoms with Gasteiger partial charge in [-0.25, -0.2) is 4.79 Å². The van der Waals surface area contributed by atoms with E-state index >= 15 is 0 Å². The summed E-state index contributed by atoms with van der Waals surface area (Å²) in [6, 6.07) is 10.6. The number of alkyl halides is 5. The molecule has 0 spiro atoms. The van der Waals surface area contributed by atoms with Crippen LogP contribution in [0.25, 0.3) is 0 Å². The Balaban J connectivity index is 2.23. The van der Waals surface area contributed by atoms with E-state index in [4.69, 9.17) is 23.2 Å². The number of rotatable bonds is 6. The smallest absolute Gasteiger partial charge is 0.352 e. The largest absolute Gasteiger partial charge is 0.416 e. The van der Waals surface area contributed by atoms with Crippen LogP contribution in [0.5, 0.6) is 0 Å². The van der Waals surface area contributed by atoms with Gasteiger partial charge in [0.1, 0.15) is 0 Å². The normalized spacial score (nSPS) is 11.3. The average Bonchev–Trinajstić information content (AvgIpc) is 2.66. The van der Waals surface area contributed by atoms with Crippen LogP contribution in [-0.4, -0.2) is 29.9 Å². The van der Waals surface area contributed by atoms with Crippen molar-refractivity contribution in [3.05, 3.63) is 59.7 Å². The standard InChI is InChI=1S/C19H18Cl2F3N3O2/c1-12-5-7-14(8-6-12)26-18(29)27(10-9-25-17(28)16(20)21)15-4-2-3-13(11-15)19(22,23)24/h2-8,11,16H,9-10H2,1H3,(H,25,28)(H,26,29). The maximum absolute atomic E-state index is 13.1. The number of hydrogen-bond acceptors (Lipinski definition) is 2. The molecule has 29 heavy (non-hydrogen) atoms. The van der Waals surface area contributed by atoms with Gasteiger partial charge in [0.2, 0.25) is 0 Å². The average molecular weight is 448 g/mol. The summed E-state index contributed by atoms with van der Waals surface area (Å²) in [5.41, 5.74) is 0.584. The minimum absolute atomic E-state index is 0.0204. The minimum Gasteiger partial charge on any atom is -0.352 e. The summed E-state index contributed by atoms with van der Waals surface area (Å²) < 4.78 is 39.2. The van der Waals surface area contributed by atoms with E-state index in [1.807, 2.05) is 6.92 Å². The SMILES string of the molecule is Cc1ccc(NC(=O)N(CCNC(=O)C(Cl)Cl)c2cccc(C(F)(F)F)c2)cc1. The van der Waals surface area contributed by atoms with Gasteiger partial charge in [-0.05, 0) is 37.3 Å². The number of carbonyl (C=O) groups excluding carboxylic acids is 2. The Hall–Kier alpha value is -2.45. The number of urea groups is 1. The third kappa shape index (κ3) is 6.83. The van der Waals surface area contributed by atoms with Crippen LogP contribution in [0, 0.1) is 6.92 Å². The van der Waals surface area contributed by atoms with Crippen LogP contribution in [0.4, 0.5) is 29.3 Å². The summed E-state index contributed by atoms with van der Waals surface area (Å²) in [6.07, 6.45) is -4.56. The first kappa shape index (κ1) is 22.8. The van der Waals surface area contributed by atoms with Crippen LogP contribution >= 0.6 is 23.2 Å². The third-order valence-electron chi connectivity index (χ3n) is 3.87. The zero-order valence-electron chi connectivity index (χ0n) is 15.3. The Morgan fingerprint density at radius 2 is 1.76 bits per heavy atom. The van der Waals surface area contributed by atoms with E-state index in [0.29, 0.717) is 5.69 Å². The van der Waals surface area contributed by atoms with Gasteiger partial charge in [-0.3, -0.25) is 9.69 Å². The molecule has 2 aromatic carbocycles. The van der Waals surface area contributed by atoms with Gasteiger partial charge in [0, 0.05) is 24.5 Å². The molecule has 0 fully saturated rings. The molecule has 0 atom stereocenters. The summed E-state index contributed by atoms with van der Waals surface area (Å²) in [6.45, 7) is 1.71. The van der Waals surface area contributed by atoms with E-state index in [1.54, 1.807) is 24.3 Å². The molecule has 0 aliphatic rings. The highest BCUT2D eigenvalue weighted by Crippen LogP contribution is 2.31. The topological polar surface area (TPSA) is 61.4 Å². The zero-order chi connectivity index (χ0) is 21.6. The number of benzene rings is 2. The lowest BCUT2D eigenvalue weighted by Gasteiger charge is -2.24. The van der Waals surface area contributed by atoms with Crippen LogP contribution in [0.15, 0.2) is 48.5 Å². The van der Waals surface area contributed by atoms with Crippen molar-refractivity contribution in [3.63, 3.8) is 0 Å². The van der Waals surface area contributed by atoms with Crippen molar-refractivity contribution in [1.29, 1.82) is 0 Å². The van der Waals surface area contributed by atoms with E-state index < -0.39 is 28.5 Å². The molecule has 0 unspecified atom stereocenters. The predicted molar refractivity (Wildman–Crippen MR) is 107 cm³/mol. The Labute approximate surface area is 175 Å². The van der Waals surface area contributed by atoms with Crippen molar-refractivity contribution in [2.75, 3.05) is 23.3 Å². The molecule has 3 amide bonds. The van der Waals surface area contributed by atoms with Gasteiger partial charge < -0.3 is 10.6 Å². The highest BCUT2D eigenvalue weighted by Gasteiger charge is 2.31. The van der Waals surface area contributed by atoms with Gasteiger partial charge >= 0.3 is 12.2 Å². The fraction of sp³-hybridized carbons (Fsp3) is 0.263. The fourth-order valence-corrected chi connectivity index (χ4v) is 2.55. The first-order valence-electron chi connectivity index (χ1n) is 8.46. The van der Waals surface area contributed by atoms with Gasteiger partial charge in [0.05, 0.1) is 5.56 Å². The fourth-order valence-electron chi connectivity index (χ4n) is 2.39. The Bertz CT molecular complexity index is 859. The number of aryl methyl sites for hydroxylation is 1. The minimum atomic E-state index is -4.56. The second-order valence-electron chi connectivity index (χ2n) is 6.09. The molecule has 5 nitrogen and oxygen atoms in total. The number of hydrogen-bond donors (Lipinski definition) is 2. The van der Waals surface area contributed by atoms with Gasteiger partial charge in [0.15, 0.2) is 4.84 Å². The van der Waals surface area contributed by atoms with Crippen LogP contribution in [0.1, 0.15) is 11.1 Å². The number of carbonyl (C=O) groups is 2. The molecule has 0 radical (unpaired) electrons. The summed E-state index contributed by atoms with van der Waals surface area (Å²) in [7, 11) is 0. The van der Waals surface area contributed by atoms with E-state index in [-0.39, 0.29) is 18.8 Å². The zero-order valence-corrected chi connectivity index (χ0v) is 16.8. The number of nitrogens with one attached hydrogen (secondary N) is 2. The lowest BCUT2D eigenvalue weighted by atomic mass is 10.2. The Kier molecular flexibility index (Phi) is 7.75. The highest BCUT2D eigenvalue weighted by molar-refractivity contribution is 6.53. The molecule has 0 aromatic heterocycles. The molecular formula is C19H18Cl2F3N3O2. The van der Waals surface area contributed by atoms with Crippen molar-refractivity contribution in [2.45, 2.75) is 17.9 Å². The van der Waals surface area contributed by atoms with Crippen LogP contribution in [0.2, 0.25) is 0 Å². The molecule has 0 heterocycles. The van der Waals surface area contributed by atoms with Crippen molar-refractivity contribution in [2.24, 2.45) is 0 Å². The molecule has 0 saturated carbocycles. The summed E-state index contributed by atoms with van der Waals surface area (Å²) in [5, 5.41) is 5.03. The Morgan fingerprint density at radius 3 is 2.34 bits per heavy atom. The van der Waals surface area contributed by atoms with Crippen LogP contribution in [-0.2, 0) is 11.0 Å². The number of nitrogens with zero attached hydrogens (tertiary/aromatic N) is 1. The van der Waals surface area contributed by atoms with Gasteiger partial charge in [0.25, 0.3) is 5.91 Å². The molecule has 156 valence electrons. The maximum Gasteiger partial charge on any atom is 0.416 e. The molecule has 0 aliphatic carbocycles. The van der Waals surface area contributed by atoms with Crippen molar-refractivity contribution in [1.82, 2.24) is 5.32 Å². The maximum atomic E-state index is 13.1. The summed E-state index contributed by atoms with van der Waals surface area (Å²) in [4.78, 5) is 24.0. The molecule has 0 aliphatic heterocycles. The summed E-state index contributed by atoms with van der Waals surface area (Å²) >= 11 is 10.9. The second-order valence-corrected chi connectivity index (χ2v) is 7.18. The predicted octanol–water partition coefficient (Wildman–Crippen LogP) is 4.97. The van der Waals surface area contributed by atoms with Gasteiger partial charge in [-0.2, -0.15) is 13.2 Å². The first-order chi connectivity index (χ1) is 13.6. The first-order valence-corrected chi connectivity index (χ1v) is 9.33. The Morgan fingerprint density at radius 1 is 1.10 bits per heavy atom. The summed E-state index contributed by atoms with van der Waals surface area (Å²) in [5.74, 6) is -0.670. The highest BCUT2D eigenvalue weighted by atomic mass is 35.5. The van der Waals surface area contributed by atoms with E-state index in [2.05, 4.69) is 10.6 Å². The molecule has 2 N–H and O–H groups in total. The lowest BCUT2D eigenvalue weighted by Crippen LogP contribution is -2.42. The van der Waals surface area contributed by atoms with Crippen molar-refractivity contribution >= 4 is 46.5 Å². The van der Waals surface area contributed by atoms with Crippen LogP contribution in [0.3, 0.4) is 0 Å². The molecule has 2 aromatic rings. The molecule has 10 heteroatoms. The number of halogens is 5.